The van der Waals surface area contributed by atoms with Gasteiger partial charge >= 0.3 is 0 Å². The zero-order valence-electron chi connectivity index (χ0n) is 11.0. The van der Waals surface area contributed by atoms with Crippen LogP contribution in [-0.4, -0.2) is 14.6 Å². The lowest BCUT2D eigenvalue weighted by Crippen LogP contribution is -2.45. The summed E-state index contributed by atoms with van der Waals surface area (Å²) in [6.45, 7) is 3.74. The van der Waals surface area contributed by atoms with Crippen molar-refractivity contribution >= 4 is 20.8 Å². The predicted molar refractivity (Wildman–Crippen MR) is 77.1 cm³/mol. The standard InChI is InChI=1S/C14H18N2O2S/c1-10(2)14(15)16-19(17,18)13-9-5-7-11-6-3-4-8-12(11)13/h3-10,14,16H,15H2,1-2H3. The van der Waals surface area contributed by atoms with Crippen LogP contribution in [0.4, 0.5) is 0 Å². The fraction of sp³-hybridized carbons (Fsp3) is 0.286. The monoisotopic (exact) mass is 278 g/mol. The maximum atomic E-state index is 12.4. The molecule has 5 heteroatoms. The Labute approximate surface area is 113 Å². The molecule has 2 aromatic carbocycles. The number of nitrogens with one attached hydrogen (secondary N) is 1. The highest BCUT2D eigenvalue weighted by atomic mass is 32.2. The number of rotatable bonds is 4. The Morgan fingerprint density at radius 2 is 1.68 bits per heavy atom. The van der Waals surface area contributed by atoms with E-state index in [2.05, 4.69) is 4.72 Å². The van der Waals surface area contributed by atoms with E-state index < -0.39 is 16.2 Å². The first kappa shape index (κ1) is 14.0. The molecule has 0 bridgehead atoms. The van der Waals surface area contributed by atoms with Crippen LogP contribution in [0.25, 0.3) is 10.8 Å². The first-order valence-electron chi connectivity index (χ1n) is 6.17. The zero-order valence-corrected chi connectivity index (χ0v) is 11.8. The number of fused-ring (bicyclic) bond motifs is 1. The lowest BCUT2D eigenvalue weighted by atomic mass is 10.1. The van der Waals surface area contributed by atoms with E-state index in [1.807, 2.05) is 38.1 Å². The Morgan fingerprint density at radius 3 is 2.37 bits per heavy atom. The van der Waals surface area contributed by atoms with Crippen LogP contribution in [0.3, 0.4) is 0 Å². The van der Waals surface area contributed by atoms with Crippen LogP contribution in [0.5, 0.6) is 0 Å². The smallest absolute Gasteiger partial charge is 0.242 e. The fourth-order valence-corrected chi connectivity index (χ4v) is 3.30. The summed E-state index contributed by atoms with van der Waals surface area (Å²) in [5, 5.41) is 1.59. The largest absolute Gasteiger partial charge is 0.315 e. The Balaban J connectivity index is 2.49. The SMILES string of the molecule is CC(C)C(N)NS(=O)(=O)c1cccc2ccccc12. The maximum absolute atomic E-state index is 12.4. The van der Waals surface area contributed by atoms with Crippen molar-refractivity contribution in [2.24, 2.45) is 11.7 Å². The van der Waals surface area contributed by atoms with Crippen molar-refractivity contribution in [3.8, 4) is 0 Å². The van der Waals surface area contributed by atoms with Crippen molar-refractivity contribution < 1.29 is 8.42 Å². The molecule has 0 spiro atoms. The molecule has 0 saturated heterocycles. The van der Waals surface area contributed by atoms with E-state index >= 15 is 0 Å². The van der Waals surface area contributed by atoms with Gasteiger partial charge < -0.3 is 5.73 Å². The van der Waals surface area contributed by atoms with Crippen LogP contribution >= 0.6 is 0 Å². The van der Waals surface area contributed by atoms with E-state index in [4.69, 9.17) is 5.73 Å². The van der Waals surface area contributed by atoms with Crippen LogP contribution in [0.2, 0.25) is 0 Å². The molecular weight excluding hydrogens is 260 g/mol. The average molecular weight is 278 g/mol. The van der Waals surface area contributed by atoms with Gasteiger partial charge in [0.2, 0.25) is 10.0 Å². The summed E-state index contributed by atoms with van der Waals surface area (Å²) in [7, 11) is -3.61. The molecule has 0 aromatic heterocycles. The van der Waals surface area contributed by atoms with Gasteiger partial charge in [-0.1, -0.05) is 50.2 Å². The van der Waals surface area contributed by atoms with Crippen molar-refractivity contribution in [1.29, 1.82) is 0 Å². The topological polar surface area (TPSA) is 72.2 Å². The van der Waals surface area contributed by atoms with Crippen molar-refractivity contribution in [2.75, 3.05) is 0 Å². The van der Waals surface area contributed by atoms with Crippen LogP contribution < -0.4 is 10.5 Å². The van der Waals surface area contributed by atoms with Crippen LogP contribution in [0, 0.1) is 5.92 Å². The molecule has 2 aromatic rings. The highest BCUT2D eigenvalue weighted by Gasteiger charge is 2.21. The second-order valence-corrected chi connectivity index (χ2v) is 6.55. The third-order valence-electron chi connectivity index (χ3n) is 3.05. The molecule has 2 rings (SSSR count). The van der Waals surface area contributed by atoms with Gasteiger partial charge in [-0.15, -0.1) is 0 Å². The van der Waals surface area contributed by atoms with E-state index in [0.717, 1.165) is 5.39 Å². The maximum Gasteiger partial charge on any atom is 0.242 e. The van der Waals surface area contributed by atoms with Gasteiger partial charge in [0.25, 0.3) is 0 Å². The number of nitrogens with two attached hydrogens (primary N) is 1. The number of hydrogen-bond acceptors (Lipinski definition) is 3. The second kappa shape index (κ2) is 5.28. The van der Waals surface area contributed by atoms with E-state index in [9.17, 15) is 8.42 Å². The Hall–Kier alpha value is -1.43. The van der Waals surface area contributed by atoms with Crippen molar-refractivity contribution in [3.05, 3.63) is 42.5 Å². The van der Waals surface area contributed by atoms with Gasteiger partial charge in [0.15, 0.2) is 0 Å². The quantitative estimate of drug-likeness (QED) is 0.841. The third-order valence-corrected chi connectivity index (χ3v) is 4.57. The predicted octanol–water partition coefficient (Wildman–Crippen LogP) is 2.06. The fourth-order valence-electron chi connectivity index (χ4n) is 1.81. The molecule has 3 N–H and O–H groups in total. The number of hydrogen-bond donors (Lipinski definition) is 2. The van der Waals surface area contributed by atoms with Crippen LogP contribution in [0.1, 0.15) is 13.8 Å². The molecule has 0 radical (unpaired) electrons. The molecule has 102 valence electrons. The van der Waals surface area contributed by atoms with Gasteiger partial charge in [-0.05, 0) is 17.4 Å². The summed E-state index contributed by atoms with van der Waals surface area (Å²) < 4.78 is 27.3. The van der Waals surface area contributed by atoms with Gasteiger partial charge in [0, 0.05) is 5.39 Å². The van der Waals surface area contributed by atoms with E-state index in [0.29, 0.717) is 5.39 Å². The lowest BCUT2D eigenvalue weighted by molar-refractivity contribution is 0.460. The molecule has 0 heterocycles. The average Bonchev–Trinajstić information content (AvgIpc) is 2.37. The van der Waals surface area contributed by atoms with E-state index in [1.165, 1.54) is 0 Å². The van der Waals surface area contributed by atoms with Gasteiger partial charge in [-0.2, -0.15) is 4.72 Å². The summed E-state index contributed by atoms with van der Waals surface area (Å²) in [5.41, 5.74) is 5.79. The highest BCUT2D eigenvalue weighted by molar-refractivity contribution is 7.89. The first-order valence-corrected chi connectivity index (χ1v) is 7.66. The van der Waals surface area contributed by atoms with E-state index in [-0.39, 0.29) is 10.8 Å². The molecule has 0 saturated carbocycles. The molecule has 0 fully saturated rings. The minimum absolute atomic E-state index is 0.0322. The number of sulfonamides is 1. The minimum Gasteiger partial charge on any atom is -0.315 e. The summed E-state index contributed by atoms with van der Waals surface area (Å²) >= 11 is 0. The Kier molecular flexibility index (Phi) is 3.89. The molecule has 0 aliphatic carbocycles. The summed E-state index contributed by atoms with van der Waals surface area (Å²) in [5.74, 6) is 0.0322. The van der Waals surface area contributed by atoms with Crippen LogP contribution in [0.15, 0.2) is 47.4 Å². The molecule has 1 atom stereocenters. The zero-order chi connectivity index (χ0) is 14.0. The summed E-state index contributed by atoms with van der Waals surface area (Å²) in [6, 6.07) is 12.6. The Bertz CT molecular complexity index is 675. The summed E-state index contributed by atoms with van der Waals surface area (Å²) in [6.07, 6.45) is -0.594. The van der Waals surface area contributed by atoms with Gasteiger partial charge in [-0.25, -0.2) is 8.42 Å². The van der Waals surface area contributed by atoms with Crippen molar-refractivity contribution in [2.45, 2.75) is 24.9 Å². The highest BCUT2D eigenvalue weighted by Crippen LogP contribution is 2.22. The molecule has 0 aliphatic heterocycles. The molecule has 4 nitrogen and oxygen atoms in total. The number of benzene rings is 2. The van der Waals surface area contributed by atoms with Crippen molar-refractivity contribution in [1.82, 2.24) is 4.72 Å². The molecule has 0 aliphatic rings. The van der Waals surface area contributed by atoms with E-state index in [1.54, 1.807) is 18.2 Å². The molecule has 19 heavy (non-hydrogen) atoms. The van der Waals surface area contributed by atoms with Gasteiger partial charge in [-0.3, -0.25) is 0 Å². The molecular formula is C14H18N2O2S. The summed E-state index contributed by atoms with van der Waals surface area (Å²) in [4.78, 5) is 0.265. The van der Waals surface area contributed by atoms with Gasteiger partial charge in [0.1, 0.15) is 0 Å². The van der Waals surface area contributed by atoms with Crippen LogP contribution in [-0.2, 0) is 10.0 Å². The first-order chi connectivity index (χ1) is 8.92. The normalized spacial score (nSPS) is 13.9. The molecule has 0 amide bonds. The third kappa shape index (κ3) is 2.94. The lowest BCUT2D eigenvalue weighted by Gasteiger charge is -2.18. The minimum atomic E-state index is -3.61. The van der Waals surface area contributed by atoms with Crippen molar-refractivity contribution in [3.63, 3.8) is 0 Å². The van der Waals surface area contributed by atoms with Gasteiger partial charge in [0.05, 0.1) is 11.1 Å². The molecule has 1 unspecified atom stereocenters. The Morgan fingerprint density at radius 1 is 1.05 bits per heavy atom. The second-order valence-electron chi connectivity index (χ2n) is 4.87.